The van der Waals surface area contributed by atoms with Crippen molar-refractivity contribution >= 4 is 39.3 Å². The van der Waals surface area contributed by atoms with Gasteiger partial charge in [0.1, 0.15) is 22.7 Å². The lowest BCUT2D eigenvalue weighted by Crippen LogP contribution is -2.14. The molecule has 1 unspecified atom stereocenters. The van der Waals surface area contributed by atoms with E-state index in [9.17, 15) is 9.50 Å². The molecule has 0 amide bonds. The minimum absolute atomic E-state index is 0.152. The lowest BCUT2D eigenvalue weighted by Gasteiger charge is -2.13. The molecule has 114 valence electrons. The number of nitrogens with zero attached hydrogens (tertiary/aromatic N) is 3. The van der Waals surface area contributed by atoms with Gasteiger partial charge >= 0.3 is 0 Å². The van der Waals surface area contributed by atoms with Crippen LogP contribution < -0.4 is 5.32 Å². The summed E-state index contributed by atoms with van der Waals surface area (Å²) in [7, 11) is 0. The number of fused-ring (bicyclic) bond motifs is 1. The van der Waals surface area contributed by atoms with E-state index in [4.69, 9.17) is 0 Å². The molecule has 0 aliphatic heterocycles. The highest BCUT2D eigenvalue weighted by Crippen LogP contribution is 2.31. The third-order valence-electron chi connectivity index (χ3n) is 3.07. The molecule has 0 spiro atoms. The van der Waals surface area contributed by atoms with Gasteiger partial charge in [0.2, 0.25) is 0 Å². The fourth-order valence-electron chi connectivity index (χ4n) is 2.00. The van der Waals surface area contributed by atoms with Crippen molar-refractivity contribution in [1.29, 1.82) is 0 Å². The maximum Gasteiger partial charge on any atom is 0.176 e. The fraction of sp³-hybridized carbons (Fsp3) is 0.214. The van der Waals surface area contributed by atoms with Gasteiger partial charge in [-0.15, -0.1) is 11.3 Å². The number of hydrogen-bond donors (Lipinski definition) is 2. The summed E-state index contributed by atoms with van der Waals surface area (Å²) >= 11 is 3.02. The number of nitrogens with one attached hydrogen (secondary N) is 1. The summed E-state index contributed by atoms with van der Waals surface area (Å²) in [5, 5.41) is 13.2. The van der Waals surface area contributed by atoms with Gasteiger partial charge in [0.05, 0.1) is 6.10 Å². The van der Waals surface area contributed by atoms with Gasteiger partial charge in [0.15, 0.2) is 9.99 Å². The number of halogens is 1. The summed E-state index contributed by atoms with van der Waals surface area (Å²) in [5.41, 5.74) is 0.877. The van der Waals surface area contributed by atoms with Crippen molar-refractivity contribution in [3.63, 3.8) is 0 Å². The number of hydrogen-bond acceptors (Lipinski definition) is 7. The second-order valence-electron chi connectivity index (χ2n) is 4.48. The zero-order chi connectivity index (χ0) is 15.5. The molecule has 2 N–H and O–H groups in total. The Morgan fingerprint density at radius 2 is 2.18 bits per heavy atom. The Balaban J connectivity index is 1.79. The number of aliphatic hydroxyl groups excluding tert-OH is 1. The molecule has 2 heterocycles. The van der Waals surface area contributed by atoms with E-state index in [0.717, 1.165) is 9.04 Å². The largest absolute Gasteiger partial charge is 0.386 e. The molecule has 0 aliphatic rings. The molecule has 0 aliphatic carbocycles. The van der Waals surface area contributed by atoms with Gasteiger partial charge in [-0.05, 0) is 12.3 Å². The van der Waals surface area contributed by atoms with Gasteiger partial charge in [-0.3, -0.25) is 0 Å². The minimum atomic E-state index is -0.959. The average molecular weight is 336 g/mol. The van der Waals surface area contributed by atoms with Crippen LogP contribution in [-0.4, -0.2) is 32.9 Å². The zero-order valence-electron chi connectivity index (χ0n) is 11.7. The fourth-order valence-corrected chi connectivity index (χ4v) is 3.48. The van der Waals surface area contributed by atoms with E-state index >= 15 is 0 Å². The predicted molar refractivity (Wildman–Crippen MR) is 86.8 cm³/mol. The van der Waals surface area contributed by atoms with Crippen LogP contribution in [0.25, 0.3) is 10.3 Å². The topological polar surface area (TPSA) is 70.9 Å². The second-order valence-corrected chi connectivity index (χ2v) is 6.53. The van der Waals surface area contributed by atoms with E-state index in [1.54, 1.807) is 18.2 Å². The molecule has 8 heteroatoms. The first-order valence-electron chi connectivity index (χ1n) is 6.51. The highest BCUT2D eigenvalue weighted by molar-refractivity contribution is 8.00. The first-order chi connectivity index (χ1) is 10.7. The van der Waals surface area contributed by atoms with Crippen LogP contribution in [0, 0.1) is 5.82 Å². The van der Waals surface area contributed by atoms with E-state index in [1.165, 1.54) is 35.5 Å². The third kappa shape index (κ3) is 3.03. The van der Waals surface area contributed by atoms with Gasteiger partial charge in [0, 0.05) is 12.1 Å². The molecule has 22 heavy (non-hydrogen) atoms. The molecule has 0 radical (unpaired) electrons. The standard InChI is InChI=1S/C14H13FN4OS2/c1-21-14-19-13-11(22-14)12(17-7-18-13)16-6-10(20)8-4-2-3-5-9(8)15/h2-5,7,10,20H,6H2,1H3,(H,16,17,18). The SMILES string of the molecule is CSc1nc2ncnc(NCC(O)c3ccccc3F)c2s1. The monoisotopic (exact) mass is 336 g/mol. The van der Waals surface area contributed by atoms with Crippen molar-refractivity contribution in [2.45, 2.75) is 10.4 Å². The Morgan fingerprint density at radius 1 is 1.36 bits per heavy atom. The van der Waals surface area contributed by atoms with Gasteiger partial charge < -0.3 is 10.4 Å². The van der Waals surface area contributed by atoms with Crippen molar-refractivity contribution in [3.05, 3.63) is 42.0 Å². The third-order valence-corrected chi connectivity index (χ3v) is 5.11. The van der Waals surface area contributed by atoms with Crippen molar-refractivity contribution in [1.82, 2.24) is 15.0 Å². The predicted octanol–water partition coefficient (Wildman–Crippen LogP) is 3.09. The molecule has 1 aromatic carbocycles. The molecule has 1 atom stereocenters. The second kappa shape index (κ2) is 6.55. The number of rotatable bonds is 5. The minimum Gasteiger partial charge on any atom is -0.386 e. The van der Waals surface area contributed by atoms with Crippen molar-refractivity contribution in [2.75, 3.05) is 18.1 Å². The molecule has 0 bridgehead atoms. The average Bonchev–Trinajstić information content (AvgIpc) is 2.96. The van der Waals surface area contributed by atoms with Gasteiger partial charge in [-0.2, -0.15) is 0 Å². The van der Waals surface area contributed by atoms with Gasteiger partial charge in [-0.25, -0.2) is 19.3 Å². The van der Waals surface area contributed by atoms with Crippen molar-refractivity contribution in [3.8, 4) is 0 Å². The number of benzene rings is 1. The van der Waals surface area contributed by atoms with E-state index in [0.29, 0.717) is 11.5 Å². The highest BCUT2D eigenvalue weighted by atomic mass is 32.2. The first kappa shape index (κ1) is 15.1. The highest BCUT2D eigenvalue weighted by Gasteiger charge is 2.14. The Kier molecular flexibility index (Phi) is 4.51. The normalized spacial score (nSPS) is 12.5. The molecular formula is C14H13FN4OS2. The van der Waals surface area contributed by atoms with Crippen LogP contribution in [0.2, 0.25) is 0 Å². The molecule has 3 aromatic rings. The van der Waals surface area contributed by atoms with Crippen LogP contribution in [0.3, 0.4) is 0 Å². The summed E-state index contributed by atoms with van der Waals surface area (Å²) in [4.78, 5) is 12.7. The molecular weight excluding hydrogens is 323 g/mol. The summed E-state index contributed by atoms with van der Waals surface area (Å²) in [6.07, 6.45) is 2.41. The van der Waals surface area contributed by atoms with Crippen LogP contribution in [0.15, 0.2) is 34.9 Å². The summed E-state index contributed by atoms with van der Waals surface area (Å²) in [6.45, 7) is 0.152. The molecule has 2 aromatic heterocycles. The van der Waals surface area contributed by atoms with Crippen molar-refractivity contribution < 1.29 is 9.50 Å². The van der Waals surface area contributed by atoms with E-state index < -0.39 is 11.9 Å². The molecule has 0 saturated carbocycles. The Bertz CT molecular complexity index is 795. The van der Waals surface area contributed by atoms with Crippen molar-refractivity contribution in [2.24, 2.45) is 0 Å². The lowest BCUT2D eigenvalue weighted by atomic mass is 10.1. The lowest BCUT2D eigenvalue weighted by molar-refractivity contribution is 0.186. The summed E-state index contributed by atoms with van der Waals surface area (Å²) < 4.78 is 15.4. The molecule has 5 nitrogen and oxygen atoms in total. The van der Waals surface area contributed by atoms with Crippen LogP contribution in [-0.2, 0) is 0 Å². The molecule has 0 fully saturated rings. The van der Waals surface area contributed by atoms with Gasteiger partial charge in [-0.1, -0.05) is 30.0 Å². The maximum atomic E-state index is 13.6. The Labute approximate surface area is 134 Å². The molecule has 3 rings (SSSR count). The number of aliphatic hydroxyl groups is 1. The van der Waals surface area contributed by atoms with Crippen LogP contribution in [0.4, 0.5) is 10.2 Å². The van der Waals surface area contributed by atoms with E-state index in [2.05, 4.69) is 20.3 Å². The van der Waals surface area contributed by atoms with Gasteiger partial charge in [0.25, 0.3) is 0 Å². The Morgan fingerprint density at radius 3 is 2.95 bits per heavy atom. The number of thiazole rings is 1. The zero-order valence-corrected chi connectivity index (χ0v) is 13.3. The first-order valence-corrected chi connectivity index (χ1v) is 8.55. The smallest absolute Gasteiger partial charge is 0.176 e. The van der Waals surface area contributed by atoms with Crippen LogP contribution in [0.5, 0.6) is 0 Å². The molecule has 0 saturated heterocycles. The number of aromatic nitrogens is 3. The number of anilines is 1. The van der Waals surface area contributed by atoms with Crippen LogP contribution in [0.1, 0.15) is 11.7 Å². The van der Waals surface area contributed by atoms with E-state index in [-0.39, 0.29) is 12.1 Å². The summed E-state index contributed by atoms with van der Waals surface area (Å²) in [5.74, 6) is 0.172. The summed E-state index contributed by atoms with van der Waals surface area (Å²) in [6, 6.07) is 6.18. The van der Waals surface area contributed by atoms with Crippen LogP contribution >= 0.6 is 23.1 Å². The number of thioether (sulfide) groups is 1. The Hall–Kier alpha value is -1.77. The quantitative estimate of drug-likeness (QED) is 0.698. The maximum absolute atomic E-state index is 13.6. The van der Waals surface area contributed by atoms with E-state index in [1.807, 2.05) is 6.26 Å².